The maximum Gasteiger partial charge on any atom is 0.278 e. The Kier molecular flexibility index (Phi) is 6.91. The maximum absolute atomic E-state index is 13.0. The maximum atomic E-state index is 13.0. The Morgan fingerprint density at radius 1 is 1.39 bits per heavy atom. The van der Waals surface area contributed by atoms with Crippen LogP contribution in [0.3, 0.4) is 0 Å². The van der Waals surface area contributed by atoms with Crippen LogP contribution in [-0.2, 0) is 17.8 Å². The molecule has 1 saturated carbocycles. The smallest absolute Gasteiger partial charge is 0.278 e. The Balaban J connectivity index is 1.47. The summed E-state index contributed by atoms with van der Waals surface area (Å²) in [6.45, 7) is 6.90. The number of hydrogen-bond acceptors (Lipinski definition) is 5. The Morgan fingerprint density at radius 2 is 2.11 bits per heavy atom. The Morgan fingerprint density at radius 3 is 2.75 bits per heavy atom. The molecule has 1 amide bonds. The zero-order valence-corrected chi connectivity index (χ0v) is 17.8. The number of carbonyl (C=O) groups is 1. The van der Waals surface area contributed by atoms with Crippen LogP contribution in [0.5, 0.6) is 5.19 Å². The molecule has 1 atom stereocenters. The molecule has 1 N–H and O–H groups in total. The summed E-state index contributed by atoms with van der Waals surface area (Å²) in [5.74, 6) is -1.50. The number of thiazole rings is 1. The van der Waals surface area contributed by atoms with Crippen molar-refractivity contribution in [2.45, 2.75) is 71.4 Å². The molecule has 0 bridgehead atoms. The number of hydrogen-bond donors (Lipinski definition) is 1. The number of amides is 1. The number of fused-ring (bicyclic) bond motifs is 1. The number of alkyl halides is 2. The molecule has 1 aliphatic heterocycles. The van der Waals surface area contributed by atoms with Gasteiger partial charge in [-0.05, 0) is 43.9 Å². The van der Waals surface area contributed by atoms with Crippen LogP contribution in [0.15, 0.2) is 0 Å². The monoisotopic (exact) mass is 415 g/mol. The zero-order chi connectivity index (χ0) is 20.3. The molecule has 0 aromatic carbocycles. The number of ether oxygens (including phenoxy) is 1. The average molecular weight is 416 g/mol. The molecule has 5 nitrogen and oxygen atoms in total. The van der Waals surface area contributed by atoms with Gasteiger partial charge in [-0.2, -0.15) is 0 Å². The highest BCUT2D eigenvalue weighted by Gasteiger charge is 2.29. The van der Waals surface area contributed by atoms with E-state index in [0.29, 0.717) is 23.1 Å². The van der Waals surface area contributed by atoms with Gasteiger partial charge in [0, 0.05) is 44.4 Å². The molecule has 1 fully saturated rings. The van der Waals surface area contributed by atoms with Gasteiger partial charge in [-0.1, -0.05) is 18.3 Å². The van der Waals surface area contributed by atoms with Gasteiger partial charge >= 0.3 is 0 Å². The van der Waals surface area contributed by atoms with E-state index in [2.05, 4.69) is 22.1 Å². The predicted octanol–water partition coefficient (Wildman–Crippen LogP) is 3.87. The molecule has 1 aliphatic carbocycles. The van der Waals surface area contributed by atoms with Crippen LogP contribution in [0, 0.1) is 11.8 Å². The van der Waals surface area contributed by atoms with Gasteiger partial charge in [0.1, 0.15) is 0 Å². The van der Waals surface area contributed by atoms with Crippen molar-refractivity contribution in [1.82, 2.24) is 15.2 Å². The molecule has 0 unspecified atom stereocenters. The normalized spacial score (nSPS) is 24.5. The Labute approximate surface area is 169 Å². The third-order valence-corrected chi connectivity index (χ3v) is 6.84. The van der Waals surface area contributed by atoms with Crippen molar-refractivity contribution in [1.29, 1.82) is 0 Å². The lowest BCUT2D eigenvalue weighted by atomic mass is 9.78. The number of rotatable bonds is 7. The van der Waals surface area contributed by atoms with Crippen LogP contribution in [0.2, 0.25) is 0 Å². The quantitative estimate of drug-likeness (QED) is 0.735. The van der Waals surface area contributed by atoms with E-state index in [4.69, 9.17) is 4.74 Å². The molecule has 0 radical (unpaired) electrons. The molecule has 3 rings (SSSR count). The van der Waals surface area contributed by atoms with E-state index >= 15 is 0 Å². The lowest BCUT2D eigenvalue weighted by Crippen LogP contribution is -2.40. The lowest BCUT2D eigenvalue weighted by molar-refractivity contribution is -0.119. The summed E-state index contributed by atoms with van der Waals surface area (Å²) < 4.78 is 31.1. The molecule has 8 heteroatoms. The first-order valence-electron chi connectivity index (χ1n) is 10.2. The predicted molar refractivity (Wildman–Crippen MR) is 106 cm³/mol. The van der Waals surface area contributed by atoms with Gasteiger partial charge in [0.25, 0.3) is 11.1 Å². The van der Waals surface area contributed by atoms with Gasteiger partial charge in [0.15, 0.2) is 6.61 Å². The molecule has 0 spiro atoms. The minimum absolute atomic E-state index is 0.0647. The van der Waals surface area contributed by atoms with Crippen molar-refractivity contribution in [3.05, 3.63) is 10.6 Å². The zero-order valence-electron chi connectivity index (χ0n) is 17.0. The highest BCUT2D eigenvalue weighted by atomic mass is 32.1. The van der Waals surface area contributed by atoms with Crippen LogP contribution in [0.1, 0.15) is 57.0 Å². The Bertz CT molecular complexity index is 669. The van der Waals surface area contributed by atoms with Crippen LogP contribution in [0.25, 0.3) is 0 Å². The second-order valence-electron chi connectivity index (χ2n) is 8.48. The van der Waals surface area contributed by atoms with Crippen LogP contribution < -0.4 is 10.1 Å². The van der Waals surface area contributed by atoms with E-state index in [1.807, 2.05) is 0 Å². The van der Waals surface area contributed by atoms with Crippen molar-refractivity contribution < 1.29 is 18.3 Å². The fourth-order valence-corrected chi connectivity index (χ4v) is 5.22. The molecule has 2 aliphatic rings. The molecule has 0 saturated heterocycles. The minimum Gasteiger partial charge on any atom is -0.464 e. The van der Waals surface area contributed by atoms with Crippen LogP contribution >= 0.6 is 11.3 Å². The summed E-state index contributed by atoms with van der Waals surface area (Å²) >= 11 is 1.40. The molecule has 158 valence electrons. The first-order valence-corrected chi connectivity index (χ1v) is 11.0. The van der Waals surface area contributed by atoms with E-state index in [0.717, 1.165) is 69.2 Å². The fourth-order valence-electron chi connectivity index (χ4n) is 4.31. The van der Waals surface area contributed by atoms with Gasteiger partial charge < -0.3 is 10.1 Å². The third kappa shape index (κ3) is 6.11. The average Bonchev–Trinajstić information content (AvgIpc) is 3.02. The van der Waals surface area contributed by atoms with Gasteiger partial charge in [-0.15, -0.1) is 0 Å². The minimum atomic E-state index is -2.84. The molecule has 2 heterocycles. The molecule has 28 heavy (non-hydrogen) atoms. The van der Waals surface area contributed by atoms with Crippen LogP contribution in [0.4, 0.5) is 8.78 Å². The molecular formula is C20H31F2N3O2S. The second-order valence-corrected chi connectivity index (χ2v) is 9.53. The lowest BCUT2D eigenvalue weighted by Gasteiger charge is -2.36. The van der Waals surface area contributed by atoms with E-state index in [-0.39, 0.29) is 5.91 Å². The number of aromatic nitrogens is 1. The summed E-state index contributed by atoms with van der Waals surface area (Å²) in [6.07, 6.45) is 5.35. The van der Waals surface area contributed by atoms with Crippen LogP contribution in [-0.4, -0.2) is 47.5 Å². The molecule has 1 aromatic heterocycles. The van der Waals surface area contributed by atoms with Gasteiger partial charge in [0.2, 0.25) is 5.91 Å². The van der Waals surface area contributed by atoms with Crippen molar-refractivity contribution in [2.75, 3.05) is 19.7 Å². The number of nitrogens with zero attached hydrogens (tertiary/aromatic N) is 2. The largest absolute Gasteiger partial charge is 0.464 e. The van der Waals surface area contributed by atoms with E-state index in [1.165, 1.54) is 11.3 Å². The number of nitrogens with one attached hydrogen (secondary N) is 1. The van der Waals surface area contributed by atoms with E-state index in [1.54, 1.807) is 6.92 Å². The van der Waals surface area contributed by atoms with Crippen molar-refractivity contribution in [3.8, 4) is 5.19 Å². The highest BCUT2D eigenvalue weighted by Crippen LogP contribution is 2.34. The fraction of sp³-hybridized carbons (Fsp3) is 0.800. The topological polar surface area (TPSA) is 54.5 Å². The SMILES string of the molecule is CC(=O)NC1CCC([C@H](C)CN2CCc3sc(OCC(C)(F)F)nc3C2)CC1. The number of halogens is 2. The second kappa shape index (κ2) is 9.03. The van der Waals surface area contributed by atoms with Gasteiger partial charge in [0.05, 0.1) is 5.69 Å². The Hall–Kier alpha value is -1.28. The summed E-state index contributed by atoms with van der Waals surface area (Å²) in [5, 5.41) is 3.40. The summed E-state index contributed by atoms with van der Waals surface area (Å²) in [4.78, 5) is 19.2. The summed E-state index contributed by atoms with van der Waals surface area (Å²) in [5.41, 5.74) is 0.979. The number of carbonyl (C=O) groups excluding carboxylic acids is 1. The van der Waals surface area contributed by atoms with Crippen molar-refractivity contribution in [2.24, 2.45) is 11.8 Å². The van der Waals surface area contributed by atoms with E-state index in [9.17, 15) is 13.6 Å². The summed E-state index contributed by atoms with van der Waals surface area (Å²) in [7, 11) is 0. The van der Waals surface area contributed by atoms with Gasteiger partial charge in [-0.25, -0.2) is 13.8 Å². The first-order chi connectivity index (χ1) is 13.2. The van der Waals surface area contributed by atoms with Gasteiger partial charge in [-0.3, -0.25) is 9.69 Å². The van der Waals surface area contributed by atoms with E-state index < -0.39 is 12.5 Å². The highest BCUT2D eigenvalue weighted by molar-refractivity contribution is 7.13. The molecule has 1 aromatic rings. The van der Waals surface area contributed by atoms with Crippen molar-refractivity contribution >= 4 is 17.2 Å². The standard InChI is InChI=1S/C20H31F2N3O2S/c1-13(15-4-6-16(7-5-15)23-14(2)26)10-25-9-8-18-17(11-25)24-19(28-18)27-12-20(3,21)22/h13,15-16H,4-12H2,1-3H3,(H,23,26)/t13-,15?,16?/m1/s1. The first kappa shape index (κ1) is 21.4. The third-order valence-electron chi connectivity index (χ3n) is 5.77. The summed E-state index contributed by atoms with van der Waals surface area (Å²) in [6, 6.07) is 0.336. The van der Waals surface area contributed by atoms with Crippen molar-refractivity contribution in [3.63, 3.8) is 0 Å². The molecular weight excluding hydrogens is 384 g/mol.